The van der Waals surface area contributed by atoms with Gasteiger partial charge in [0.15, 0.2) is 5.65 Å². The van der Waals surface area contributed by atoms with Crippen LogP contribution in [0, 0.1) is 12.7 Å². The second-order valence-corrected chi connectivity index (χ2v) is 18.8. The van der Waals surface area contributed by atoms with Gasteiger partial charge in [0, 0.05) is 114 Å². The maximum absolute atomic E-state index is 15.0. The van der Waals surface area contributed by atoms with Crippen LogP contribution in [0.15, 0.2) is 72.8 Å². The molecule has 7 heterocycles. The number of β-amino-alcohol motifs (C(OH)–C–C–N with tert-alkyl or cyclic N) is 1. The first kappa shape index (κ1) is 44.3. The van der Waals surface area contributed by atoms with Crippen molar-refractivity contribution >= 4 is 29.2 Å². The van der Waals surface area contributed by atoms with Crippen LogP contribution in [0.25, 0.3) is 28.0 Å². The van der Waals surface area contributed by atoms with Crippen molar-refractivity contribution in [3.63, 3.8) is 0 Å². The smallest absolute Gasteiger partial charge is 0.255 e. The largest absolute Gasteiger partial charge is 0.395 e. The molecule has 15 heteroatoms. The van der Waals surface area contributed by atoms with E-state index in [-0.39, 0.29) is 37.3 Å². The molecule has 5 aliphatic rings. The summed E-state index contributed by atoms with van der Waals surface area (Å²) < 4.78 is 17.0. The predicted octanol–water partition coefficient (Wildman–Crippen LogP) is 4.43. The maximum atomic E-state index is 15.0. The number of rotatable bonds is 13. The summed E-state index contributed by atoms with van der Waals surface area (Å²) in [6.07, 6.45) is 3.23. The van der Waals surface area contributed by atoms with Gasteiger partial charge in [-0.3, -0.25) is 29.5 Å². The van der Waals surface area contributed by atoms with E-state index in [4.69, 9.17) is 10.1 Å². The Morgan fingerprint density at radius 1 is 0.742 bits per heavy atom. The summed E-state index contributed by atoms with van der Waals surface area (Å²) in [5, 5.41) is 16.9. The molecule has 346 valence electrons. The molecule has 1 unspecified atom stereocenters. The third kappa shape index (κ3) is 9.23. The third-order valence-electron chi connectivity index (χ3n) is 14.7. The summed E-state index contributed by atoms with van der Waals surface area (Å²) >= 11 is 0. The number of aliphatic hydroxyl groups is 1. The zero-order valence-electron chi connectivity index (χ0n) is 38.0. The normalized spacial score (nSPS) is 20.7. The molecule has 10 rings (SSSR count). The standard InChI is InChI=1S/C51H61FN10O4/c1-35-48(38-7-3-2-4-8-38)49-53-44(33-47(62(49)55-35)60-26-24-59(25-27-60)28-29-63)39-9-5-6-36(30-39)12-15-57-19-22-58(23-20-57)21-18-56-16-13-37(14-17-56)41-31-40(52)32-42-43(41)34-61(51(42)66)45-10-11-46(64)54-50(45)65/h2-9,30-33,37,45,63H,10-29,34H2,1H3,(H,54,64,65). The van der Waals surface area contributed by atoms with E-state index in [1.165, 1.54) is 16.5 Å². The molecular formula is C51H61FN10O4. The van der Waals surface area contributed by atoms with Crippen molar-refractivity contribution in [3.8, 4) is 22.4 Å². The molecular weight excluding hydrogens is 836 g/mol. The minimum Gasteiger partial charge on any atom is -0.395 e. The second-order valence-electron chi connectivity index (χ2n) is 18.8. The van der Waals surface area contributed by atoms with Gasteiger partial charge in [0.1, 0.15) is 17.7 Å². The summed E-state index contributed by atoms with van der Waals surface area (Å²) in [7, 11) is 0. The van der Waals surface area contributed by atoms with Crippen LogP contribution in [0.2, 0.25) is 0 Å². The number of aliphatic hydroxyl groups excluding tert-OH is 1. The van der Waals surface area contributed by atoms with Gasteiger partial charge in [0.25, 0.3) is 5.91 Å². The Bertz CT molecular complexity index is 2580. The monoisotopic (exact) mass is 896 g/mol. The van der Waals surface area contributed by atoms with Crippen LogP contribution in [0.1, 0.15) is 64.3 Å². The number of carbonyl (C=O) groups is 3. The summed E-state index contributed by atoms with van der Waals surface area (Å²) in [5.74, 6) is -0.313. The SMILES string of the molecule is Cc1nn2c(N3CCN(CCO)CC3)cc(-c3cccc(CCN4CCN(CCN5CCC(c6cc(F)cc7c6CN(C6CCC(=O)NC6=O)C7=O)CC5)CC4)c3)nc2c1-c1ccccc1. The van der Waals surface area contributed by atoms with Crippen LogP contribution in [-0.4, -0.2) is 166 Å². The number of fused-ring (bicyclic) bond motifs is 2. The lowest BCUT2D eigenvalue weighted by Gasteiger charge is -2.37. The van der Waals surface area contributed by atoms with Crippen LogP contribution in [0.5, 0.6) is 0 Å². The summed E-state index contributed by atoms with van der Waals surface area (Å²) in [6, 6.07) is 23.7. The van der Waals surface area contributed by atoms with Crippen LogP contribution in [0.3, 0.4) is 0 Å². The van der Waals surface area contributed by atoms with E-state index in [1.54, 1.807) is 6.07 Å². The molecule has 3 amide bonds. The molecule has 1 atom stereocenters. The average Bonchev–Trinajstić information content (AvgIpc) is 3.85. The number of halogens is 1. The second kappa shape index (κ2) is 19.3. The molecule has 0 saturated carbocycles. The number of anilines is 1. The first-order valence-corrected chi connectivity index (χ1v) is 24.0. The van der Waals surface area contributed by atoms with Crippen LogP contribution < -0.4 is 10.2 Å². The van der Waals surface area contributed by atoms with Crippen molar-refractivity contribution in [2.24, 2.45) is 0 Å². The number of hydrogen-bond donors (Lipinski definition) is 2. The van der Waals surface area contributed by atoms with Gasteiger partial charge in [-0.25, -0.2) is 9.37 Å². The quantitative estimate of drug-likeness (QED) is 0.163. The number of nitrogens with one attached hydrogen (secondary N) is 1. The molecule has 4 saturated heterocycles. The lowest BCUT2D eigenvalue weighted by molar-refractivity contribution is -0.136. The fourth-order valence-corrected chi connectivity index (χ4v) is 10.9. The predicted molar refractivity (Wildman–Crippen MR) is 252 cm³/mol. The number of piperazine rings is 2. The van der Waals surface area contributed by atoms with Crippen LogP contribution in [0.4, 0.5) is 10.2 Å². The van der Waals surface area contributed by atoms with Crippen molar-refractivity contribution in [3.05, 3.63) is 107 Å². The number of imide groups is 1. The lowest BCUT2D eigenvalue weighted by Crippen LogP contribution is -2.52. The molecule has 2 N–H and O–H groups in total. The highest BCUT2D eigenvalue weighted by Crippen LogP contribution is 2.38. The van der Waals surface area contributed by atoms with Gasteiger partial charge in [-0.05, 0) is 92.1 Å². The lowest BCUT2D eigenvalue weighted by atomic mass is 9.85. The van der Waals surface area contributed by atoms with Gasteiger partial charge < -0.3 is 24.7 Å². The highest BCUT2D eigenvalue weighted by molar-refractivity contribution is 6.05. The Kier molecular flexibility index (Phi) is 13.0. The van der Waals surface area contributed by atoms with Crippen LogP contribution in [-0.2, 0) is 22.6 Å². The summed E-state index contributed by atoms with van der Waals surface area (Å²) in [6.45, 7) is 15.7. The van der Waals surface area contributed by atoms with Crippen molar-refractivity contribution in [2.75, 3.05) is 103 Å². The summed E-state index contributed by atoms with van der Waals surface area (Å²) in [4.78, 5) is 57.0. The number of benzene rings is 3. The molecule has 0 aliphatic carbocycles. The molecule has 0 bridgehead atoms. The third-order valence-corrected chi connectivity index (χ3v) is 14.7. The van der Waals surface area contributed by atoms with E-state index in [2.05, 4.69) is 91.3 Å². The Hall–Kier alpha value is -5.58. The minimum absolute atomic E-state index is 0.153. The first-order valence-electron chi connectivity index (χ1n) is 24.0. The van der Waals surface area contributed by atoms with E-state index >= 15 is 0 Å². The van der Waals surface area contributed by atoms with Crippen LogP contribution >= 0.6 is 0 Å². The van der Waals surface area contributed by atoms with Crippen molar-refractivity contribution in [1.82, 2.24) is 44.4 Å². The topological polar surface area (TPSA) is 133 Å². The molecule has 2 aromatic heterocycles. The highest BCUT2D eigenvalue weighted by Gasteiger charge is 2.41. The number of nitrogens with zero attached hydrogens (tertiary/aromatic N) is 9. The molecule has 0 spiro atoms. The van der Waals surface area contributed by atoms with Gasteiger partial charge >= 0.3 is 0 Å². The molecule has 66 heavy (non-hydrogen) atoms. The number of aryl methyl sites for hydroxylation is 1. The average molecular weight is 897 g/mol. The number of aromatic nitrogens is 3. The van der Waals surface area contributed by atoms with E-state index in [0.29, 0.717) is 18.5 Å². The van der Waals surface area contributed by atoms with Gasteiger partial charge in [0.2, 0.25) is 11.8 Å². The number of amides is 3. The Morgan fingerprint density at radius 3 is 2.15 bits per heavy atom. The van der Waals surface area contributed by atoms with Gasteiger partial charge in [-0.15, -0.1) is 0 Å². The van der Waals surface area contributed by atoms with E-state index in [0.717, 1.165) is 155 Å². The molecule has 4 fully saturated rings. The molecule has 14 nitrogen and oxygen atoms in total. The number of carbonyl (C=O) groups excluding carboxylic acids is 3. The minimum atomic E-state index is -0.710. The molecule has 3 aromatic carbocycles. The number of hydrogen-bond acceptors (Lipinski definition) is 11. The highest BCUT2D eigenvalue weighted by atomic mass is 19.1. The maximum Gasteiger partial charge on any atom is 0.255 e. The summed E-state index contributed by atoms with van der Waals surface area (Å²) in [5.41, 5.74) is 9.42. The van der Waals surface area contributed by atoms with Gasteiger partial charge in [-0.2, -0.15) is 9.61 Å². The molecule has 5 aliphatic heterocycles. The van der Waals surface area contributed by atoms with Gasteiger partial charge in [-0.1, -0.05) is 48.5 Å². The van der Waals surface area contributed by atoms with Crippen molar-refractivity contribution in [2.45, 2.75) is 57.5 Å². The fraction of sp³-hybridized carbons (Fsp3) is 0.471. The molecule has 0 radical (unpaired) electrons. The van der Waals surface area contributed by atoms with Gasteiger partial charge in [0.05, 0.1) is 18.0 Å². The zero-order valence-corrected chi connectivity index (χ0v) is 38.0. The Morgan fingerprint density at radius 2 is 1.42 bits per heavy atom. The van der Waals surface area contributed by atoms with E-state index < -0.39 is 17.8 Å². The number of piperidine rings is 2. The van der Waals surface area contributed by atoms with Crippen molar-refractivity contribution < 1.29 is 23.9 Å². The van der Waals surface area contributed by atoms with Crippen molar-refractivity contribution in [1.29, 1.82) is 0 Å². The van der Waals surface area contributed by atoms with E-state index in [9.17, 15) is 23.9 Å². The Labute approximate surface area is 386 Å². The fourth-order valence-electron chi connectivity index (χ4n) is 10.9. The molecule has 5 aromatic rings. The van der Waals surface area contributed by atoms with E-state index in [1.807, 2.05) is 10.6 Å². The number of likely N-dealkylation sites (tertiary alicyclic amines) is 1. The Balaban J connectivity index is 0.727. The first-order chi connectivity index (χ1) is 32.2. The zero-order chi connectivity index (χ0) is 45.3.